The van der Waals surface area contributed by atoms with Crippen molar-refractivity contribution in [2.75, 3.05) is 5.32 Å². The number of nitrogens with one attached hydrogen (secondary N) is 1. The van der Waals surface area contributed by atoms with Crippen LogP contribution in [0.25, 0.3) is 0 Å². The van der Waals surface area contributed by atoms with Crippen molar-refractivity contribution in [1.82, 2.24) is 4.98 Å². The average molecular weight is 247 g/mol. The minimum atomic E-state index is 0.183. The predicted octanol–water partition coefficient (Wildman–Crippen LogP) is 4.22. The maximum atomic E-state index is 5.97. The normalized spacial score (nSPS) is 12.2. The highest BCUT2D eigenvalue weighted by molar-refractivity contribution is 6.30. The molecule has 1 unspecified atom stereocenters. The molecule has 1 N–H and O–H groups in total. The van der Waals surface area contributed by atoms with Gasteiger partial charge in [-0.15, -0.1) is 0 Å². The fourth-order valence-corrected chi connectivity index (χ4v) is 1.90. The van der Waals surface area contributed by atoms with E-state index in [2.05, 4.69) is 23.3 Å². The van der Waals surface area contributed by atoms with Gasteiger partial charge in [-0.1, -0.05) is 29.8 Å². The first-order valence-electron chi connectivity index (χ1n) is 5.61. The Morgan fingerprint density at radius 3 is 2.65 bits per heavy atom. The van der Waals surface area contributed by atoms with Gasteiger partial charge in [-0.25, -0.2) is 4.98 Å². The second kappa shape index (κ2) is 5.19. The Labute approximate surface area is 107 Å². The van der Waals surface area contributed by atoms with E-state index in [1.165, 1.54) is 0 Å². The molecule has 0 aliphatic carbocycles. The summed E-state index contributed by atoms with van der Waals surface area (Å²) < 4.78 is 0. The van der Waals surface area contributed by atoms with Crippen LogP contribution in [0.5, 0.6) is 0 Å². The summed E-state index contributed by atoms with van der Waals surface area (Å²) in [5, 5.41) is 4.11. The minimum Gasteiger partial charge on any atom is -0.364 e. The minimum absolute atomic E-state index is 0.183. The summed E-state index contributed by atoms with van der Waals surface area (Å²) in [5.41, 5.74) is 2.16. The van der Waals surface area contributed by atoms with E-state index in [4.69, 9.17) is 11.6 Å². The molecule has 0 amide bonds. The third-order valence-corrected chi connectivity index (χ3v) is 2.84. The molecule has 2 aromatic rings. The van der Waals surface area contributed by atoms with Gasteiger partial charge in [0.05, 0.1) is 0 Å². The van der Waals surface area contributed by atoms with Crippen LogP contribution in [0.2, 0.25) is 5.02 Å². The fraction of sp³-hybridized carbons (Fsp3) is 0.214. The molecule has 2 nitrogen and oxygen atoms in total. The zero-order valence-corrected chi connectivity index (χ0v) is 10.7. The number of rotatable bonds is 3. The van der Waals surface area contributed by atoms with E-state index < -0.39 is 0 Å². The molecule has 88 valence electrons. The molecule has 1 atom stereocenters. The van der Waals surface area contributed by atoms with Gasteiger partial charge in [-0.2, -0.15) is 0 Å². The molecule has 17 heavy (non-hydrogen) atoms. The summed E-state index contributed by atoms with van der Waals surface area (Å²) in [5.74, 6) is 0.887. The van der Waals surface area contributed by atoms with Gasteiger partial charge in [0.1, 0.15) is 5.82 Å². The lowest BCUT2D eigenvalue weighted by molar-refractivity contribution is 0.872. The van der Waals surface area contributed by atoms with Crippen LogP contribution in [0, 0.1) is 6.92 Å². The number of aryl methyl sites for hydroxylation is 1. The third-order valence-electron chi connectivity index (χ3n) is 2.60. The Morgan fingerprint density at radius 1 is 1.18 bits per heavy atom. The molecule has 3 heteroatoms. The number of hydrogen-bond donors (Lipinski definition) is 1. The molecule has 1 heterocycles. The molecule has 0 aliphatic rings. The summed E-state index contributed by atoms with van der Waals surface area (Å²) in [6, 6.07) is 14.0. The van der Waals surface area contributed by atoms with Crippen molar-refractivity contribution >= 4 is 17.4 Å². The van der Waals surface area contributed by atoms with Gasteiger partial charge in [-0.05, 0) is 43.7 Å². The van der Waals surface area contributed by atoms with Crippen LogP contribution < -0.4 is 5.32 Å². The highest BCUT2D eigenvalue weighted by Crippen LogP contribution is 2.20. The molecule has 0 aliphatic heterocycles. The van der Waals surface area contributed by atoms with Crippen molar-refractivity contribution in [3.63, 3.8) is 0 Å². The van der Waals surface area contributed by atoms with E-state index in [0.29, 0.717) is 0 Å². The number of pyridine rings is 1. The van der Waals surface area contributed by atoms with Crippen molar-refractivity contribution < 1.29 is 0 Å². The van der Waals surface area contributed by atoms with E-state index in [-0.39, 0.29) is 6.04 Å². The second-order valence-electron chi connectivity index (χ2n) is 4.09. The zero-order chi connectivity index (χ0) is 12.3. The van der Waals surface area contributed by atoms with Crippen molar-refractivity contribution in [3.05, 3.63) is 58.7 Å². The van der Waals surface area contributed by atoms with E-state index in [9.17, 15) is 0 Å². The van der Waals surface area contributed by atoms with Crippen LogP contribution in [0.15, 0.2) is 42.5 Å². The van der Waals surface area contributed by atoms with Crippen molar-refractivity contribution in [1.29, 1.82) is 0 Å². The summed E-state index contributed by atoms with van der Waals surface area (Å²) in [6.07, 6.45) is 0. The standard InChI is InChI=1S/C14H15ClN2/c1-10-5-3-8-14(16-10)17-11(2)12-6-4-7-13(15)9-12/h3-9,11H,1-2H3,(H,16,17). The molecule has 1 aromatic carbocycles. The fourth-order valence-electron chi connectivity index (χ4n) is 1.70. The number of benzene rings is 1. The van der Waals surface area contributed by atoms with E-state index >= 15 is 0 Å². The van der Waals surface area contributed by atoms with E-state index in [1.807, 2.05) is 43.3 Å². The first-order valence-corrected chi connectivity index (χ1v) is 5.98. The van der Waals surface area contributed by atoms with Crippen LogP contribution in [-0.2, 0) is 0 Å². The van der Waals surface area contributed by atoms with E-state index in [1.54, 1.807) is 0 Å². The summed E-state index contributed by atoms with van der Waals surface area (Å²) >= 11 is 5.97. The molecule has 0 radical (unpaired) electrons. The molecular formula is C14H15ClN2. The first-order chi connectivity index (χ1) is 8.15. The molecule has 1 aromatic heterocycles. The highest BCUT2D eigenvalue weighted by atomic mass is 35.5. The van der Waals surface area contributed by atoms with Crippen molar-refractivity contribution in [2.24, 2.45) is 0 Å². The second-order valence-corrected chi connectivity index (χ2v) is 4.52. The molecule has 0 saturated heterocycles. The summed E-state index contributed by atoms with van der Waals surface area (Å²) in [7, 11) is 0. The maximum Gasteiger partial charge on any atom is 0.126 e. The van der Waals surface area contributed by atoms with Gasteiger partial charge in [0, 0.05) is 16.8 Å². The molecule has 2 rings (SSSR count). The Kier molecular flexibility index (Phi) is 3.64. The number of hydrogen-bond acceptors (Lipinski definition) is 2. The van der Waals surface area contributed by atoms with Gasteiger partial charge in [0.2, 0.25) is 0 Å². The van der Waals surface area contributed by atoms with Crippen LogP contribution in [0.1, 0.15) is 24.2 Å². The quantitative estimate of drug-likeness (QED) is 0.877. The number of halogens is 1. The molecule has 0 spiro atoms. The summed E-state index contributed by atoms with van der Waals surface area (Å²) in [6.45, 7) is 4.07. The van der Waals surface area contributed by atoms with Crippen LogP contribution in [0.4, 0.5) is 5.82 Å². The third kappa shape index (κ3) is 3.21. The van der Waals surface area contributed by atoms with Crippen molar-refractivity contribution in [2.45, 2.75) is 19.9 Å². The zero-order valence-electron chi connectivity index (χ0n) is 9.94. The maximum absolute atomic E-state index is 5.97. The number of aromatic nitrogens is 1. The number of nitrogens with zero attached hydrogens (tertiary/aromatic N) is 1. The monoisotopic (exact) mass is 246 g/mol. The van der Waals surface area contributed by atoms with Crippen molar-refractivity contribution in [3.8, 4) is 0 Å². The van der Waals surface area contributed by atoms with Gasteiger partial charge in [0.15, 0.2) is 0 Å². The topological polar surface area (TPSA) is 24.9 Å². The highest BCUT2D eigenvalue weighted by Gasteiger charge is 2.06. The molecule has 0 bridgehead atoms. The van der Waals surface area contributed by atoms with Gasteiger partial charge >= 0.3 is 0 Å². The van der Waals surface area contributed by atoms with E-state index in [0.717, 1.165) is 22.1 Å². The molecule has 0 fully saturated rings. The Balaban J connectivity index is 2.14. The largest absolute Gasteiger partial charge is 0.364 e. The Hall–Kier alpha value is -1.54. The number of anilines is 1. The van der Waals surface area contributed by atoms with Gasteiger partial charge < -0.3 is 5.32 Å². The molecule has 0 saturated carbocycles. The van der Waals surface area contributed by atoms with Gasteiger partial charge in [0.25, 0.3) is 0 Å². The lowest BCUT2D eigenvalue weighted by Crippen LogP contribution is -2.08. The SMILES string of the molecule is Cc1cccc(NC(C)c2cccc(Cl)c2)n1. The predicted molar refractivity (Wildman–Crippen MR) is 72.5 cm³/mol. The molecular weight excluding hydrogens is 232 g/mol. The smallest absolute Gasteiger partial charge is 0.126 e. The Morgan fingerprint density at radius 2 is 1.94 bits per heavy atom. The van der Waals surface area contributed by atoms with Crippen LogP contribution in [-0.4, -0.2) is 4.98 Å². The lowest BCUT2D eigenvalue weighted by atomic mass is 10.1. The van der Waals surface area contributed by atoms with Gasteiger partial charge in [-0.3, -0.25) is 0 Å². The first kappa shape index (κ1) is 11.9. The Bertz CT molecular complexity index is 511. The summed E-state index contributed by atoms with van der Waals surface area (Å²) in [4.78, 5) is 4.42. The average Bonchev–Trinajstić information content (AvgIpc) is 2.29. The van der Waals surface area contributed by atoms with Crippen LogP contribution in [0.3, 0.4) is 0 Å². The lowest BCUT2D eigenvalue weighted by Gasteiger charge is -2.15. The van der Waals surface area contributed by atoms with Crippen LogP contribution >= 0.6 is 11.6 Å².